The number of benzene rings is 2. The minimum atomic E-state index is -0.581. The molecule has 3 nitrogen and oxygen atoms in total. The highest BCUT2D eigenvalue weighted by Crippen LogP contribution is 2.32. The van der Waals surface area contributed by atoms with E-state index < -0.39 is 11.6 Å². The molecule has 0 bridgehead atoms. The lowest BCUT2D eigenvalue weighted by Crippen LogP contribution is -2.05. The van der Waals surface area contributed by atoms with Crippen molar-refractivity contribution in [2.75, 3.05) is 12.3 Å². The fourth-order valence-corrected chi connectivity index (χ4v) is 2.27. The number of rotatable bonds is 4. The molecule has 2 aromatic carbocycles. The summed E-state index contributed by atoms with van der Waals surface area (Å²) in [6.45, 7) is 2.24. The molecule has 0 heterocycles. The van der Waals surface area contributed by atoms with Crippen LogP contribution in [0.2, 0.25) is 10.0 Å². The Hall–Kier alpha value is -1.78. The van der Waals surface area contributed by atoms with Crippen LogP contribution in [0.4, 0.5) is 10.1 Å². The van der Waals surface area contributed by atoms with Crippen molar-refractivity contribution < 1.29 is 13.9 Å². The maximum absolute atomic E-state index is 13.1. The van der Waals surface area contributed by atoms with Gasteiger partial charge in [-0.05, 0) is 31.2 Å². The summed E-state index contributed by atoms with van der Waals surface area (Å²) in [4.78, 5) is 12.4. The number of nitrogens with two attached hydrogens (primary N) is 1. The van der Waals surface area contributed by atoms with Gasteiger partial charge in [0.15, 0.2) is 5.78 Å². The zero-order valence-corrected chi connectivity index (χ0v) is 12.6. The number of ketones is 1. The summed E-state index contributed by atoms with van der Waals surface area (Å²) < 4.78 is 18.4. The topological polar surface area (TPSA) is 52.3 Å². The summed E-state index contributed by atoms with van der Waals surface area (Å²) in [7, 11) is 0. The minimum Gasteiger partial charge on any atom is -0.492 e. The Bertz CT molecular complexity index is 704. The van der Waals surface area contributed by atoms with Crippen LogP contribution in [-0.2, 0) is 0 Å². The highest BCUT2D eigenvalue weighted by atomic mass is 35.5. The molecule has 0 radical (unpaired) electrons. The van der Waals surface area contributed by atoms with Crippen LogP contribution in [-0.4, -0.2) is 12.4 Å². The molecule has 0 aliphatic heterocycles. The molecule has 0 spiro atoms. The second-order valence-corrected chi connectivity index (χ2v) is 5.08. The lowest BCUT2D eigenvalue weighted by Gasteiger charge is -2.10. The van der Waals surface area contributed by atoms with Gasteiger partial charge in [-0.3, -0.25) is 4.79 Å². The molecule has 0 aromatic heterocycles. The smallest absolute Gasteiger partial charge is 0.194 e. The van der Waals surface area contributed by atoms with Gasteiger partial charge >= 0.3 is 0 Å². The van der Waals surface area contributed by atoms with Crippen LogP contribution in [0.1, 0.15) is 22.8 Å². The Kier molecular flexibility index (Phi) is 4.70. The lowest BCUT2D eigenvalue weighted by molar-refractivity contribution is 0.103. The molecule has 0 unspecified atom stereocenters. The zero-order chi connectivity index (χ0) is 15.6. The van der Waals surface area contributed by atoms with Gasteiger partial charge in [0.05, 0.1) is 22.3 Å². The molecule has 2 N–H and O–H groups in total. The molecule has 2 aromatic rings. The van der Waals surface area contributed by atoms with Gasteiger partial charge in [0.1, 0.15) is 11.6 Å². The first-order chi connectivity index (χ1) is 9.93. The molecule has 0 atom stereocenters. The summed E-state index contributed by atoms with van der Waals surface area (Å²) in [6, 6.07) is 6.64. The molecule has 110 valence electrons. The Morgan fingerprint density at radius 1 is 1.24 bits per heavy atom. The number of halogens is 3. The largest absolute Gasteiger partial charge is 0.492 e. The number of anilines is 1. The van der Waals surface area contributed by atoms with Gasteiger partial charge in [-0.1, -0.05) is 23.2 Å². The molecule has 0 aliphatic carbocycles. The summed E-state index contributed by atoms with van der Waals surface area (Å²) >= 11 is 12.1. The van der Waals surface area contributed by atoms with Gasteiger partial charge < -0.3 is 10.5 Å². The molecule has 21 heavy (non-hydrogen) atoms. The van der Waals surface area contributed by atoms with Crippen molar-refractivity contribution in [1.82, 2.24) is 0 Å². The average molecular weight is 328 g/mol. The van der Waals surface area contributed by atoms with Crippen molar-refractivity contribution in [3.05, 3.63) is 57.3 Å². The fourth-order valence-electron chi connectivity index (χ4n) is 1.81. The van der Waals surface area contributed by atoms with Crippen LogP contribution < -0.4 is 10.5 Å². The van der Waals surface area contributed by atoms with Crippen molar-refractivity contribution in [3.63, 3.8) is 0 Å². The maximum Gasteiger partial charge on any atom is 0.194 e. The zero-order valence-electron chi connectivity index (χ0n) is 11.1. The Morgan fingerprint density at radius 2 is 1.95 bits per heavy atom. The number of nitrogen functional groups attached to an aromatic ring is 1. The first-order valence-corrected chi connectivity index (χ1v) is 6.91. The second kappa shape index (κ2) is 6.33. The number of carbonyl (C=O) groups excluding carboxylic acids is 1. The van der Waals surface area contributed by atoms with Crippen molar-refractivity contribution in [1.29, 1.82) is 0 Å². The van der Waals surface area contributed by atoms with Crippen molar-refractivity contribution in [2.45, 2.75) is 6.92 Å². The van der Waals surface area contributed by atoms with E-state index in [2.05, 4.69) is 0 Å². The summed E-state index contributed by atoms with van der Waals surface area (Å²) in [5.74, 6) is -0.571. The monoisotopic (exact) mass is 327 g/mol. The fraction of sp³-hybridized carbons (Fsp3) is 0.133. The molecule has 6 heteroatoms. The van der Waals surface area contributed by atoms with Crippen LogP contribution in [0, 0.1) is 5.82 Å². The second-order valence-electron chi connectivity index (χ2n) is 4.26. The van der Waals surface area contributed by atoms with E-state index >= 15 is 0 Å². The van der Waals surface area contributed by atoms with Gasteiger partial charge in [0.2, 0.25) is 0 Å². The van der Waals surface area contributed by atoms with Gasteiger partial charge in [0.25, 0.3) is 0 Å². The van der Waals surface area contributed by atoms with Crippen LogP contribution in [0.15, 0.2) is 30.3 Å². The molecule has 2 rings (SSSR count). The van der Waals surface area contributed by atoms with Gasteiger partial charge in [-0.15, -0.1) is 0 Å². The van der Waals surface area contributed by atoms with E-state index in [0.717, 1.165) is 6.07 Å². The summed E-state index contributed by atoms with van der Waals surface area (Å²) in [5, 5.41) is 0.482. The highest BCUT2D eigenvalue weighted by molar-refractivity contribution is 6.37. The Labute approximate surface area is 131 Å². The molecule has 0 saturated heterocycles. The quantitative estimate of drug-likeness (QED) is 0.671. The molecule has 0 saturated carbocycles. The van der Waals surface area contributed by atoms with E-state index in [0.29, 0.717) is 12.4 Å². The van der Waals surface area contributed by atoms with Gasteiger partial charge in [-0.2, -0.15) is 0 Å². The summed E-state index contributed by atoms with van der Waals surface area (Å²) in [6.07, 6.45) is 0. The molecular formula is C15H12Cl2FNO2. The van der Waals surface area contributed by atoms with Crippen LogP contribution in [0.3, 0.4) is 0 Å². The minimum absolute atomic E-state index is 0.103. The molecule has 0 amide bonds. The SMILES string of the molecule is CCOc1cc(Cl)c(C(=O)c2ccc(F)c(N)c2)cc1Cl. The number of hydrogen-bond donors (Lipinski definition) is 1. The van der Waals surface area contributed by atoms with Gasteiger partial charge in [-0.25, -0.2) is 4.39 Å². The van der Waals surface area contributed by atoms with Crippen molar-refractivity contribution >= 4 is 34.7 Å². The normalized spacial score (nSPS) is 10.5. The van der Waals surface area contributed by atoms with Gasteiger partial charge in [0, 0.05) is 17.2 Å². The lowest BCUT2D eigenvalue weighted by atomic mass is 10.0. The first-order valence-electron chi connectivity index (χ1n) is 6.15. The van der Waals surface area contributed by atoms with Crippen molar-refractivity contribution in [3.8, 4) is 5.75 Å². The van der Waals surface area contributed by atoms with E-state index in [1.54, 1.807) is 0 Å². The van der Waals surface area contributed by atoms with E-state index in [-0.39, 0.29) is 26.9 Å². The average Bonchev–Trinajstić information content (AvgIpc) is 2.45. The van der Waals surface area contributed by atoms with Crippen molar-refractivity contribution in [2.24, 2.45) is 0 Å². The third-order valence-corrected chi connectivity index (χ3v) is 3.43. The molecule has 0 fully saturated rings. The Morgan fingerprint density at radius 3 is 2.57 bits per heavy atom. The molecular weight excluding hydrogens is 316 g/mol. The maximum atomic E-state index is 13.1. The third kappa shape index (κ3) is 3.28. The van der Waals surface area contributed by atoms with E-state index in [4.69, 9.17) is 33.7 Å². The highest BCUT2D eigenvalue weighted by Gasteiger charge is 2.17. The van der Waals surface area contributed by atoms with Crippen LogP contribution in [0.25, 0.3) is 0 Å². The summed E-state index contributed by atoms with van der Waals surface area (Å²) in [5.41, 5.74) is 5.80. The van der Waals surface area contributed by atoms with Crippen LogP contribution >= 0.6 is 23.2 Å². The standard InChI is InChI=1S/C15H12Cl2FNO2/c1-2-21-14-7-10(16)9(6-11(14)17)15(20)8-3-4-12(18)13(19)5-8/h3-7H,2,19H2,1H3. The number of hydrogen-bond acceptors (Lipinski definition) is 3. The predicted molar refractivity (Wildman–Crippen MR) is 81.9 cm³/mol. The van der Waals surface area contributed by atoms with E-state index in [1.165, 1.54) is 24.3 Å². The number of carbonyl (C=O) groups is 1. The number of ether oxygens (including phenoxy) is 1. The van der Waals surface area contributed by atoms with E-state index in [9.17, 15) is 9.18 Å². The first kappa shape index (κ1) is 15.6. The third-order valence-electron chi connectivity index (χ3n) is 2.82. The Balaban J connectivity index is 2.43. The predicted octanol–water partition coefficient (Wildman–Crippen LogP) is 4.34. The van der Waals surface area contributed by atoms with Crippen LogP contribution in [0.5, 0.6) is 5.75 Å². The molecule has 0 aliphatic rings. The van der Waals surface area contributed by atoms with E-state index in [1.807, 2.05) is 6.92 Å².